The molecule has 1 fully saturated rings. The molecule has 7 heteroatoms. The number of benzene rings is 2. The first-order valence-corrected chi connectivity index (χ1v) is 8.84. The van der Waals surface area contributed by atoms with E-state index in [4.69, 9.17) is 10.7 Å². The monoisotopic (exact) mass is 347 g/mol. The molecule has 0 unspecified atom stereocenters. The van der Waals surface area contributed by atoms with Gasteiger partial charge in [0.1, 0.15) is 5.69 Å². The molecule has 0 amide bonds. The van der Waals surface area contributed by atoms with E-state index in [9.17, 15) is 0 Å². The zero-order valence-electron chi connectivity index (χ0n) is 14.7. The summed E-state index contributed by atoms with van der Waals surface area (Å²) in [7, 11) is 2.17. The number of likely N-dealkylation sites (N-methyl/N-ethyl adjacent to an activating group) is 1. The Morgan fingerprint density at radius 1 is 1.00 bits per heavy atom. The fraction of sp³-hybridized carbons (Fsp3) is 0.263. The smallest absolute Gasteiger partial charge is 0.159 e. The molecule has 1 aliphatic rings. The van der Waals surface area contributed by atoms with Crippen LogP contribution >= 0.6 is 0 Å². The molecular weight excluding hydrogens is 326 g/mol. The van der Waals surface area contributed by atoms with Crippen LogP contribution in [0.15, 0.2) is 36.4 Å². The van der Waals surface area contributed by atoms with Crippen molar-refractivity contribution in [2.45, 2.75) is 0 Å². The van der Waals surface area contributed by atoms with E-state index in [0.717, 1.165) is 59.6 Å². The van der Waals surface area contributed by atoms with Gasteiger partial charge in [-0.3, -0.25) is 5.10 Å². The van der Waals surface area contributed by atoms with Gasteiger partial charge in [0, 0.05) is 42.9 Å². The lowest BCUT2D eigenvalue weighted by molar-refractivity contribution is 0.313. The van der Waals surface area contributed by atoms with E-state index in [1.807, 2.05) is 18.2 Å². The Morgan fingerprint density at radius 2 is 1.85 bits per heavy atom. The summed E-state index contributed by atoms with van der Waals surface area (Å²) in [6.45, 7) is 4.28. The van der Waals surface area contributed by atoms with Gasteiger partial charge >= 0.3 is 0 Å². The number of hydrogen-bond donors (Lipinski definition) is 3. The van der Waals surface area contributed by atoms with E-state index in [1.54, 1.807) is 0 Å². The highest BCUT2D eigenvalue weighted by atomic mass is 15.2. The number of piperazine rings is 1. The summed E-state index contributed by atoms with van der Waals surface area (Å²) >= 11 is 0. The largest absolute Gasteiger partial charge is 0.399 e. The maximum absolute atomic E-state index is 5.94. The van der Waals surface area contributed by atoms with Crippen LogP contribution in [-0.4, -0.2) is 58.3 Å². The summed E-state index contributed by atoms with van der Waals surface area (Å²) in [5.74, 6) is 0.757. The zero-order chi connectivity index (χ0) is 17.7. The van der Waals surface area contributed by atoms with Crippen LogP contribution in [0.4, 0.5) is 11.4 Å². The molecule has 0 bridgehead atoms. The van der Waals surface area contributed by atoms with Gasteiger partial charge < -0.3 is 20.5 Å². The second-order valence-electron chi connectivity index (χ2n) is 6.95. The predicted octanol–water partition coefficient (Wildman–Crippen LogP) is 2.44. The van der Waals surface area contributed by atoms with Crippen molar-refractivity contribution in [3.05, 3.63) is 36.4 Å². The molecule has 1 saturated heterocycles. The second-order valence-corrected chi connectivity index (χ2v) is 6.95. The molecule has 2 aromatic heterocycles. The number of aromatic nitrogens is 4. The lowest BCUT2D eigenvalue weighted by Crippen LogP contribution is -2.44. The number of aromatic amines is 2. The van der Waals surface area contributed by atoms with E-state index < -0.39 is 0 Å². The van der Waals surface area contributed by atoms with Gasteiger partial charge in [-0.15, -0.1) is 0 Å². The summed E-state index contributed by atoms with van der Waals surface area (Å²) in [6.07, 6.45) is 0. The molecule has 4 N–H and O–H groups in total. The third-order valence-corrected chi connectivity index (χ3v) is 5.15. The third-order valence-electron chi connectivity index (χ3n) is 5.15. The number of hydrogen-bond acceptors (Lipinski definition) is 5. The van der Waals surface area contributed by atoms with Crippen molar-refractivity contribution in [3.63, 3.8) is 0 Å². The zero-order valence-corrected chi connectivity index (χ0v) is 14.7. The van der Waals surface area contributed by atoms with Gasteiger partial charge in [-0.2, -0.15) is 5.10 Å². The molecule has 0 atom stereocenters. The summed E-state index contributed by atoms with van der Waals surface area (Å²) in [4.78, 5) is 12.9. The third kappa shape index (κ3) is 2.48. The molecule has 5 rings (SSSR count). The maximum atomic E-state index is 5.94. The fourth-order valence-corrected chi connectivity index (χ4v) is 3.58. The van der Waals surface area contributed by atoms with Gasteiger partial charge in [-0.25, -0.2) is 4.98 Å². The minimum absolute atomic E-state index is 0.716. The molecule has 0 radical (unpaired) electrons. The van der Waals surface area contributed by atoms with E-state index in [2.05, 4.69) is 50.2 Å². The first kappa shape index (κ1) is 15.2. The molecule has 1 aliphatic heterocycles. The highest BCUT2D eigenvalue weighted by Gasteiger charge is 2.16. The molecule has 3 heterocycles. The standard InChI is InChI=1S/C19H21N7/c1-25-6-8-26(9-7-25)13-3-5-16-17(11-13)22-19(21-16)18-14-10-12(20)2-4-15(14)23-24-18/h2-5,10-11H,6-9,20H2,1H3,(H,21,22)(H,23,24). The van der Waals surface area contributed by atoms with Gasteiger partial charge in [-0.05, 0) is 43.4 Å². The average molecular weight is 347 g/mol. The Morgan fingerprint density at radius 3 is 2.69 bits per heavy atom. The molecule has 0 spiro atoms. The van der Waals surface area contributed by atoms with Crippen molar-refractivity contribution < 1.29 is 0 Å². The molecular formula is C19H21N7. The van der Waals surface area contributed by atoms with Gasteiger partial charge in [0.2, 0.25) is 0 Å². The summed E-state index contributed by atoms with van der Waals surface area (Å²) in [5, 5.41) is 8.45. The predicted molar refractivity (Wildman–Crippen MR) is 105 cm³/mol. The van der Waals surface area contributed by atoms with Crippen molar-refractivity contribution in [2.24, 2.45) is 0 Å². The molecule has 0 saturated carbocycles. The molecule has 4 aromatic rings. The van der Waals surface area contributed by atoms with Crippen LogP contribution in [0.1, 0.15) is 0 Å². The Hall–Kier alpha value is -3.06. The quantitative estimate of drug-likeness (QED) is 0.485. The van der Waals surface area contributed by atoms with Crippen LogP contribution in [0.5, 0.6) is 0 Å². The summed E-state index contributed by atoms with van der Waals surface area (Å²) in [6, 6.07) is 12.1. The average Bonchev–Trinajstić information content (AvgIpc) is 3.24. The highest BCUT2D eigenvalue weighted by Crippen LogP contribution is 2.29. The lowest BCUT2D eigenvalue weighted by atomic mass is 10.2. The minimum atomic E-state index is 0.716. The minimum Gasteiger partial charge on any atom is -0.399 e. The van der Waals surface area contributed by atoms with Crippen LogP contribution in [0.2, 0.25) is 0 Å². The second kappa shape index (κ2) is 5.74. The lowest BCUT2D eigenvalue weighted by Gasteiger charge is -2.34. The number of nitrogens with zero attached hydrogens (tertiary/aromatic N) is 4. The molecule has 2 aromatic carbocycles. The summed E-state index contributed by atoms with van der Waals surface area (Å²) < 4.78 is 0. The maximum Gasteiger partial charge on any atom is 0.159 e. The number of nitrogens with one attached hydrogen (secondary N) is 2. The van der Waals surface area contributed by atoms with Crippen LogP contribution in [0, 0.1) is 0 Å². The highest BCUT2D eigenvalue weighted by molar-refractivity contribution is 5.95. The number of anilines is 2. The van der Waals surface area contributed by atoms with Crippen molar-refractivity contribution >= 4 is 33.3 Å². The molecule has 132 valence electrons. The Kier molecular flexibility index (Phi) is 3.36. The van der Waals surface area contributed by atoms with Crippen LogP contribution in [0.3, 0.4) is 0 Å². The number of fused-ring (bicyclic) bond motifs is 2. The van der Waals surface area contributed by atoms with E-state index in [-0.39, 0.29) is 0 Å². The number of rotatable bonds is 2. The van der Waals surface area contributed by atoms with Crippen LogP contribution in [0.25, 0.3) is 33.5 Å². The first-order valence-electron chi connectivity index (χ1n) is 8.84. The van der Waals surface area contributed by atoms with Crippen molar-refractivity contribution in [1.29, 1.82) is 0 Å². The van der Waals surface area contributed by atoms with E-state index in [1.165, 1.54) is 5.69 Å². The molecule has 0 aliphatic carbocycles. The van der Waals surface area contributed by atoms with Crippen LogP contribution < -0.4 is 10.6 Å². The Balaban J connectivity index is 1.54. The normalized spacial score (nSPS) is 16.0. The number of nitrogens with two attached hydrogens (primary N) is 1. The van der Waals surface area contributed by atoms with Gasteiger partial charge in [0.25, 0.3) is 0 Å². The van der Waals surface area contributed by atoms with E-state index >= 15 is 0 Å². The van der Waals surface area contributed by atoms with Gasteiger partial charge in [0.15, 0.2) is 5.82 Å². The Bertz CT molecular complexity index is 1090. The van der Waals surface area contributed by atoms with Crippen molar-refractivity contribution in [3.8, 4) is 11.5 Å². The summed E-state index contributed by atoms with van der Waals surface area (Å²) in [5.41, 5.74) is 11.6. The van der Waals surface area contributed by atoms with Crippen LogP contribution in [-0.2, 0) is 0 Å². The number of H-pyrrole nitrogens is 2. The Labute approximate surface area is 150 Å². The number of nitrogen functional groups attached to an aromatic ring is 1. The number of imidazole rings is 1. The molecule has 7 nitrogen and oxygen atoms in total. The van der Waals surface area contributed by atoms with Crippen molar-refractivity contribution in [2.75, 3.05) is 43.9 Å². The van der Waals surface area contributed by atoms with Gasteiger partial charge in [-0.1, -0.05) is 0 Å². The van der Waals surface area contributed by atoms with Gasteiger partial charge in [0.05, 0.1) is 16.6 Å². The van der Waals surface area contributed by atoms with Crippen molar-refractivity contribution in [1.82, 2.24) is 25.1 Å². The topological polar surface area (TPSA) is 89.9 Å². The van der Waals surface area contributed by atoms with E-state index in [0.29, 0.717) is 5.69 Å². The molecule has 26 heavy (non-hydrogen) atoms. The fourth-order valence-electron chi connectivity index (χ4n) is 3.58. The first-order chi connectivity index (χ1) is 12.7. The SMILES string of the molecule is CN1CCN(c2ccc3nc(-c4n[nH]c5ccc(N)cc45)[nH]c3c2)CC1.